The lowest BCUT2D eigenvalue weighted by Crippen LogP contribution is -2.37. The molecule has 176 valence electrons. The van der Waals surface area contributed by atoms with E-state index in [9.17, 15) is 19.8 Å². The first kappa shape index (κ1) is 26.9. The van der Waals surface area contributed by atoms with Gasteiger partial charge in [0.2, 0.25) is 11.8 Å². The summed E-state index contributed by atoms with van der Waals surface area (Å²) in [5.74, 6) is 0.151. The molecule has 0 spiro atoms. The topological polar surface area (TPSA) is 89.9 Å². The Bertz CT molecular complexity index is 458. The minimum absolute atomic E-state index is 0.00981. The Morgan fingerprint density at radius 3 is 2.07 bits per heavy atom. The van der Waals surface area contributed by atoms with Gasteiger partial charge in [0.1, 0.15) is 0 Å². The van der Waals surface area contributed by atoms with Crippen molar-refractivity contribution in [3.63, 3.8) is 0 Å². The van der Waals surface area contributed by atoms with Crippen molar-refractivity contribution in [1.29, 1.82) is 0 Å². The molecule has 3 N–H and O–H groups in total. The van der Waals surface area contributed by atoms with Crippen LogP contribution in [0.2, 0.25) is 0 Å². The normalized spacial score (nSPS) is 18.7. The molecule has 0 radical (unpaired) electrons. The number of nitrogens with zero attached hydrogens (tertiary/aromatic N) is 1. The van der Waals surface area contributed by atoms with E-state index in [-0.39, 0.29) is 24.5 Å². The molecule has 0 saturated carbocycles. The molecule has 1 aliphatic heterocycles. The fourth-order valence-corrected chi connectivity index (χ4v) is 4.18. The molecule has 0 bridgehead atoms. The zero-order valence-electron chi connectivity index (χ0n) is 19.2. The van der Waals surface area contributed by atoms with Crippen LogP contribution in [-0.4, -0.2) is 58.8 Å². The number of unbranched alkanes of at least 4 members (excludes halogenated alkanes) is 11. The molecule has 2 amide bonds. The van der Waals surface area contributed by atoms with E-state index in [4.69, 9.17) is 0 Å². The Balaban J connectivity index is 1.89. The molecule has 0 aromatic rings. The highest BCUT2D eigenvalue weighted by molar-refractivity contribution is 5.77. The second-order valence-electron chi connectivity index (χ2n) is 8.86. The highest BCUT2D eigenvalue weighted by Gasteiger charge is 2.33. The molecule has 0 unspecified atom stereocenters. The summed E-state index contributed by atoms with van der Waals surface area (Å²) >= 11 is 0. The minimum Gasteiger partial charge on any atom is -0.394 e. The van der Waals surface area contributed by atoms with E-state index in [0.717, 1.165) is 32.1 Å². The second-order valence-corrected chi connectivity index (χ2v) is 8.86. The van der Waals surface area contributed by atoms with Gasteiger partial charge < -0.3 is 20.4 Å². The van der Waals surface area contributed by atoms with E-state index in [1.807, 2.05) is 0 Å². The van der Waals surface area contributed by atoms with Gasteiger partial charge in [0, 0.05) is 25.9 Å². The Hall–Kier alpha value is -1.14. The van der Waals surface area contributed by atoms with Gasteiger partial charge in [0.25, 0.3) is 0 Å². The van der Waals surface area contributed by atoms with Gasteiger partial charge in [-0.05, 0) is 25.7 Å². The molecule has 6 heteroatoms. The molecular formula is C24H46N2O4. The lowest BCUT2D eigenvalue weighted by Gasteiger charge is -2.22. The number of β-amino-alcohol motifs (C(OH)–C–C–N with tert-alkyl or cyclic N) is 1. The Kier molecular flexibility index (Phi) is 15.7. The summed E-state index contributed by atoms with van der Waals surface area (Å²) in [5.41, 5.74) is 0. The smallest absolute Gasteiger partial charge is 0.222 e. The third-order valence-electron chi connectivity index (χ3n) is 6.07. The minimum atomic E-state index is -0.517. The summed E-state index contributed by atoms with van der Waals surface area (Å²) in [7, 11) is 0. The van der Waals surface area contributed by atoms with Gasteiger partial charge in [-0.2, -0.15) is 0 Å². The van der Waals surface area contributed by atoms with E-state index < -0.39 is 6.10 Å². The Morgan fingerprint density at radius 1 is 0.867 bits per heavy atom. The molecule has 0 aromatic heterocycles. The van der Waals surface area contributed by atoms with Crippen LogP contribution < -0.4 is 5.32 Å². The van der Waals surface area contributed by atoms with Crippen LogP contribution in [0.5, 0.6) is 0 Å². The number of aliphatic hydroxyl groups is 2. The monoisotopic (exact) mass is 426 g/mol. The predicted molar refractivity (Wildman–Crippen MR) is 121 cm³/mol. The SMILES string of the molecule is CCCCCCCCCCCCC(=O)NCCCCCC(=O)N1C[C@H](O)C[C@H]1CO. The summed E-state index contributed by atoms with van der Waals surface area (Å²) in [6.45, 7) is 3.16. The molecule has 0 aromatic carbocycles. The van der Waals surface area contributed by atoms with Crippen LogP contribution in [0.3, 0.4) is 0 Å². The number of hydrogen-bond acceptors (Lipinski definition) is 4. The summed E-state index contributed by atoms with van der Waals surface area (Å²) in [6, 6.07) is -0.238. The first-order valence-corrected chi connectivity index (χ1v) is 12.4. The van der Waals surface area contributed by atoms with Gasteiger partial charge in [-0.1, -0.05) is 71.1 Å². The van der Waals surface area contributed by atoms with Gasteiger partial charge in [0.15, 0.2) is 0 Å². The second kappa shape index (κ2) is 17.5. The summed E-state index contributed by atoms with van der Waals surface area (Å²) in [5, 5.41) is 21.9. The van der Waals surface area contributed by atoms with E-state index >= 15 is 0 Å². The molecule has 1 rings (SSSR count). The number of likely N-dealkylation sites (tertiary alicyclic amines) is 1. The van der Waals surface area contributed by atoms with Crippen molar-refractivity contribution in [3.8, 4) is 0 Å². The van der Waals surface area contributed by atoms with Crippen LogP contribution in [0.25, 0.3) is 0 Å². The quantitative estimate of drug-likeness (QED) is 0.290. The van der Waals surface area contributed by atoms with E-state index in [1.165, 1.54) is 51.4 Å². The van der Waals surface area contributed by atoms with Gasteiger partial charge in [-0.3, -0.25) is 9.59 Å². The molecule has 2 atom stereocenters. The number of aliphatic hydroxyl groups excluding tert-OH is 2. The van der Waals surface area contributed by atoms with Gasteiger partial charge >= 0.3 is 0 Å². The molecule has 1 fully saturated rings. The fourth-order valence-electron chi connectivity index (χ4n) is 4.18. The number of hydrogen-bond donors (Lipinski definition) is 3. The standard InChI is InChI=1S/C24H46N2O4/c1-2-3-4-5-6-7-8-9-10-12-15-23(29)25-17-14-11-13-16-24(30)26-19-22(28)18-21(26)20-27/h21-22,27-28H,2-20H2,1H3,(H,25,29)/t21-,22+/m0/s1. The van der Waals surface area contributed by atoms with E-state index in [0.29, 0.717) is 32.4 Å². The maximum Gasteiger partial charge on any atom is 0.222 e. The summed E-state index contributed by atoms with van der Waals surface area (Å²) in [6.07, 6.45) is 16.3. The third-order valence-corrected chi connectivity index (χ3v) is 6.07. The average Bonchev–Trinajstić information content (AvgIpc) is 3.12. The molecule has 1 saturated heterocycles. The third kappa shape index (κ3) is 12.5. The first-order valence-electron chi connectivity index (χ1n) is 12.4. The highest BCUT2D eigenvalue weighted by atomic mass is 16.3. The number of carbonyl (C=O) groups is 2. The lowest BCUT2D eigenvalue weighted by molar-refractivity contribution is -0.133. The average molecular weight is 427 g/mol. The molecule has 1 heterocycles. The summed E-state index contributed by atoms with van der Waals surface area (Å²) < 4.78 is 0. The molecule has 30 heavy (non-hydrogen) atoms. The predicted octanol–water partition coefficient (Wildman–Crippen LogP) is 3.93. The maximum atomic E-state index is 12.2. The van der Waals surface area contributed by atoms with Crippen molar-refractivity contribution in [1.82, 2.24) is 10.2 Å². The fraction of sp³-hybridized carbons (Fsp3) is 0.917. The van der Waals surface area contributed by atoms with Gasteiger partial charge in [-0.15, -0.1) is 0 Å². The van der Waals surface area contributed by atoms with Crippen molar-refractivity contribution in [3.05, 3.63) is 0 Å². The molecule has 6 nitrogen and oxygen atoms in total. The zero-order chi connectivity index (χ0) is 22.0. The summed E-state index contributed by atoms with van der Waals surface area (Å²) in [4.78, 5) is 25.7. The van der Waals surface area contributed by atoms with Crippen molar-refractivity contribution in [2.75, 3.05) is 19.7 Å². The molecule has 1 aliphatic rings. The van der Waals surface area contributed by atoms with Crippen LogP contribution in [0.15, 0.2) is 0 Å². The van der Waals surface area contributed by atoms with Crippen molar-refractivity contribution >= 4 is 11.8 Å². The van der Waals surface area contributed by atoms with Crippen LogP contribution in [0, 0.1) is 0 Å². The largest absolute Gasteiger partial charge is 0.394 e. The molecular weight excluding hydrogens is 380 g/mol. The van der Waals surface area contributed by atoms with E-state index in [1.54, 1.807) is 4.90 Å². The Labute approximate surface area is 183 Å². The van der Waals surface area contributed by atoms with Crippen LogP contribution in [-0.2, 0) is 9.59 Å². The zero-order valence-corrected chi connectivity index (χ0v) is 19.2. The van der Waals surface area contributed by atoms with Crippen LogP contribution in [0.1, 0.15) is 110 Å². The van der Waals surface area contributed by atoms with Crippen molar-refractivity contribution < 1.29 is 19.8 Å². The molecule has 0 aliphatic carbocycles. The van der Waals surface area contributed by atoms with E-state index in [2.05, 4.69) is 12.2 Å². The van der Waals surface area contributed by atoms with Gasteiger partial charge in [-0.25, -0.2) is 0 Å². The number of amides is 2. The highest BCUT2D eigenvalue weighted by Crippen LogP contribution is 2.19. The first-order chi connectivity index (χ1) is 14.6. The number of carbonyl (C=O) groups excluding carboxylic acids is 2. The van der Waals surface area contributed by atoms with Crippen molar-refractivity contribution in [2.24, 2.45) is 0 Å². The van der Waals surface area contributed by atoms with Crippen LogP contribution >= 0.6 is 0 Å². The number of rotatable bonds is 18. The maximum absolute atomic E-state index is 12.2. The lowest BCUT2D eigenvalue weighted by atomic mass is 10.1. The Morgan fingerprint density at radius 2 is 1.43 bits per heavy atom. The number of nitrogens with one attached hydrogen (secondary N) is 1. The van der Waals surface area contributed by atoms with Crippen LogP contribution in [0.4, 0.5) is 0 Å². The van der Waals surface area contributed by atoms with Gasteiger partial charge in [0.05, 0.1) is 18.8 Å². The van der Waals surface area contributed by atoms with Crippen molar-refractivity contribution in [2.45, 2.75) is 122 Å².